The number of nitrogens with one attached hydrogen (secondary N) is 1. The summed E-state index contributed by atoms with van der Waals surface area (Å²) in [5.74, 6) is -0.265. The summed E-state index contributed by atoms with van der Waals surface area (Å²) in [4.78, 5) is 24.4. The van der Waals surface area contributed by atoms with Crippen molar-refractivity contribution in [2.75, 3.05) is 25.9 Å². The number of benzene rings is 3. The zero-order chi connectivity index (χ0) is 25.2. The van der Waals surface area contributed by atoms with Gasteiger partial charge in [-0.1, -0.05) is 61.5 Å². The molecule has 0 fully saturated rings. The van der Waals surface area contributed by atoms with Gasteiger partial charge in [0.2, 0.25) is 0 Å². The Bertz CT molecular complexity index is 975. The van der Waals surface area contributed by atoms with Crippen LogP contribution in [0.25, 0.3) is 0 Å². The second-order valence-electron chi connectivity index (χ2n) is 8.98. The molecule has 0 aliphatic carbocycles. The Morgan fingerprint density at radius 2 is 1.20 bits per heavy atom. The van der Waals surface area contributed by atoms with Crippen LogP contribution in [0.15, 0.2) is 91.0 Å². The number of hydrogen-bond acceptors (Lipinski definition) is 4. The molecule has 0 radical (unpaired) electrons. The van der Waals surface area contributed by atoms with E-state index in [-0.39, 0.29) is 25.7 Å². The zero-order valence-corrected chi connectivity index (χ0v) is 21.7. The molecule has 0 spiro atoms. The highest BCUT2D eigenvalue weighted by Crippen LogP contribution is 2.54. The van der Waals surface area contributed by atoms with Gasteiger partial charge in [0.25, 0.3) is 0 Å². The van der Waals surface area contributed by atoms with Gasteiger partial charge in [0, 0.05) is 0 Å². The van der Waals surface area contributed by atoms with Crippen LogP contribution in [0.2, 0.25) is 0 Å². The SMILES string of the molecule is CCC(C)(C)C(=O)OCCNC(=O)OCC[P+](c1ccccc1)(c1ccccc1)c1ccccc1. The maximum atomic E-state index is 12.4. The Kier molecular flexibility index (Phi) is 9.45. The minimum absolute atomic E-state index is 0.117. The fourth-order valence-electron chi connectivity index (χ4n) is 3.84. The van der Waals surface area contributed by atoms with Crippen LogP contribution < -0.4 is 21.2 Å². The molecular formula is C29H35NO4P+. The third-order valence-electron chi connectivity index (χ3n) is 6.29. The van der Waals surface area contributed by atoms with Crippen molar-refractivity contribution in [2.45, 2.75) is 27.2 Å². The molecule has 3 rings (SSSR count). The van der Waals surface area contributed by atoms with E-state index in [4.69, 9.17) is 9.47 Å². The van der Waals surface area contributed by atoms with Crippen molar-refractivity contribution < 1.29 is 19.1 Å². The Labute approximate surface area is 209 Å². The Balaban J connectivity index is 1.70. The third kappa shape index (κ3) is 6.70. The van der Waals surface area contributed by atoms with E-state index in [2.05, 4.69) is 78.1 Å². The molecule has 0 saturated carbocycles. The number of carbonyl (C=O) groups excluding carboxylic acids is 2. The van der Waals surface area contributed by atoms with Crippen molar-refractivity contribution >= 4 is 35.2 Å². The van der Waals surface area contributed by atoms with Gasteiger partial charge in [-0.3, -0.25) is 4.79 Å². The van der Waals surface area contributed by atoms with Crippen molar-refractivity contribution in [3.8, 4) is 0 Å². The lowest BCUT2D eigenvalue weighted by Crippen LogP contribution is -2.36. The summed E-state index contributed by atoms with van der Waals surface area (Å²) in [6, 6.07) is 31.4. The molecule has 0 saturated heterocycles. The first kappa shape index (κ1) is 26.4. The Morgan fingerprint density at radius 1 is 0.743 bits per heavy atom. The molecule has 0 bridgehead atoms. The van der Waals surface area contributed by atoms with E-state index in [0.29, 0.717) is 12.6 Å². The Morgan fingerprint density at radius 3 is 1.63 bits per heavy atom. The van der Waals surface area contributed by atoms with E-state index >= 15 is 0 Å². The topological polar surface area (TPSA) is 64.6 Å². The van der Waals surface area contributed by atoms with Crippen molar-refractivity contribution in [1.29, 1.82) is 0 Å². The largest absolute Gasteiger partial charge is 0.463 e. The van der Waals surface area contributed by atoms with Crippen LogP contribution in [0.5, 0.6) is 0 Å². The Hall–Kier alpha value is -3.17. The van der Waals surface area contributed by atoms with E-state index in [1.165, 1.54) is 15.9 Å². The van der Waals surface area contributed by atoms with E-state index < -0.39 is 18.8 Å². The van der Waals surface area contributed by atoms with E-state index in [1.807, 2.05) is 39.0 Å². The summed E-state index contributed by atoms with van der Waals surface area (Å²) in [7, 11) is -2.05. The molecule has 0 aromatic heterocycles. The maximum Gasteiger partial charge on any atom is 0.407 e. The predicted molar refractivity (Wildman–Crippen MR) is 144 cm³/mol. The quantitative estimate of drug-likeness (QED) is 0.240. The zero-order valence-electron chi connectivity index (χ0n) is 20.8. The molecule has 0 unspecified atom stereocenters. The number of esters is 1. The number of ether oxygens (including phenoxy) is 2. The predicted octanol–water partition coefficient (Wildman–Crippen LogP) is 4.69. The molecule has 0 heterocycles. The van der Waals surface area contributed by atoms with Crippen molar-refractivity contribution in [3.05, 3.63) is 91.0 Å². The standard InChI is InChI=1S/C29H34NO4P/c1-4-29(2,3)27(31)33-21-20-30-28(32)34-22-23-35(24-14-8-5-9-15-24,25-16-10-6-11-17-25)26-18-12-7-13-19-26/h5-19H,4,20-23H2,1-3H3/p+1. The van der Waals surface area contributed by atoms with Crippen LogP contribution in [0.1, 0.15) is 27.2 Å². The lowest BCUT2D eigenvalue weighted by Gasteiger charge is -2.27. The van der Waals surface area contributed by atoms with Crippen LogP contribution in [-0.4, -0.2) is 38.0 Å². The highest BCUT2D eigenvalue weighted by Gasteiger charge is 2.45. The number of rotatable bonds is 11. The van der Waals surface area contributed by atoms with Crippen LogP contribution in [0.4, 0.5) is 4.79 Å². The number of alkyl carbamates (subject to hydrolysis) is 1. The van der Waals surface area contributed by atoms with Gasteiger partial charge in [-0.25, -0.2) is 4.79 Å². The first-order chi connectivity index (χ1) is 16.9. The molecule has 184 valence electrons. The normalized spacial score (nSPS) is 11.5. The molecule has 5 nitrogen and oxygen atoms in total. The number of carbonyl (C=O) groups is 2. The summed E-state index contributed by atoms with van der Waals surface area (Å²) in [6.45, 7) is 6.23. The highest BCUT2D eigenvalue weighted by atomic mass is 31.2. The summed E-state index contributed by atoms with van der Waals surface area (Å²) >= 11 is 0. The molecule has 1 amide bonds. The average Bonchev–Trinajstić information content (AvgIpc) is 2.90. The van der Waals surface area contributed by atoms with Crippen LogP contribution in [0.3, 0.4) is 0 Å². The van der Waals surface area contributed by atoms with Crippen LogP contribution in [-0.2, 0) is 14.3 Å². The molecule has 6 heteroatoms. The first-order valence-corrected chi connectivity index (χ1v) is 14.0. The molecule has 3 aromatic carbocycles. The molecule has 3 aromatic rings. The molecule has 0 aliphatic rings. The third-order valence-corrected chi connectivity index (χ3v) is 10.7. The summed E-state index contributed by atoms with van der Waals surface area (Å²) in [6.07, 6.45) is 0.859. The van der Waals surface area contributed by atoms with Gasteiger partial charge in [-0.2, -0.15) is 0 Å². The first-order valence-electron chi connectivity index (χ1n) is 12.0. The summed E-state index contributed by atoms with van der Waals surface area (Å²) in [5, 5.41) is 6.41. The summed E-state index contributed by atoms with van der Waals surface area (Å²) < 4.78 is 10.9. The van der Waals surface area contributed by atoms with Crippen LogP contribution in [0, 0.1) is 5.41 Å². The van der Waals surface area contributed by atoms with Crippen molar-refractivity contribution in [2.24, 2.45) is 5.41 Å². The summed E-state index contributed by atoms with van der Waals surface area (Å²) in [5.41, 5.74) is -0.528. The van der Waals surface area contributed by atoms with E-state index in [1.54, 1.807) is 0 Å². The molecular weight excluding hydrogens is 457 g/mol. The average molecular weight is 493 g/mol. The van der Waals surface area contributed by atoms with Gasteiger partial charge in [0.05, 0.1) is 12.0 Å². The number of hydrogen-bond donors (Lipinski definition) is 1. The van der Waals surface area contributed by atoms with Gasteiger partial charge in [-0.05, 0) is 56.7 Å². The second kappa shape index (κ2) is 12.5. The second-order valence-corrected chi connectivity index (χ2v) is 12.6. The maximum absolute atomic E-state index is 12.4. The molecule has 0 aliphatic heterocycles. The van der Waals surface area contributed by atoms with Gasteiger partial charge in [-0.15, -0.1) is 0 Å². The highest BCUT2D eigenvalue weighted by molar-refractivity contribution is 7.95. The van der Waals surface area contributed by atoms with Crippen LogP contribution >= 0.6 is 7.26 Å². The lowest BCUT2D eigenvalue weighted by molar-refractivity contribution is -0.153. The fourth-order valence-corrected chi connectivity index (χ4v) is 7.92. The van der Waals surface area contributed by atoms with Gasteiger partial charge < -0.3 is 14.8 Å². The van der Waals surface area contributed by atoms with Gasteiger partial charge in [0.15, 0.2) is 0 Å². The lowest BCUT2D eigenvalue weighted by atomic mass is 9.91. The minimum atomic E-state index is -2.05. The minimum Gasteiger partial charge on any atom is -0.463 e. The smallest absolute Gasteiger partial charge is 0.407 e. The molecule has 0 atom stereocenters. The molecule has 1 N–H and O–H groups in total. The van der Waals surface area contributed by atoms with Gasteiger partial charge in [0.1, 0.15) is 42.6 Å². The monoisotopic (exact) mass is 492 g/mol. The van der Waals surface area contributed by atoms with E-state index in [9.17, 15) is 9.59 Å². The van der Waals surface area contributed by atoms with E-state index in [0.717, 1.165) is 0 Å². The molecule has 35 heavy (non-hydrogen) atoms. The van der Waals surface area contributed by atoms with Crippen molar-refractivity contribution in [1.82, 2.24) is 5.32 Å². The van der Waals surface area contributed by atoms with Gasteiger partial charge >= 0.3 is 12.1 Å². The fraction of sp³-hybridized carbons (Fsp3) is 0.310. The van der Waals surface area contributed by atoms with Crippen molar-refractivity contribution in [3.63, 3.8) is 0 Å². The number of amides is 1.